The zero-order valence-electron chi connectivity index (χ0n) is 13.8. The number of rotatable bonds is 5. The summed E-state index contributed by atoms with van der Waals surface area (Å²) >= 11 is 0. The van der Waals surface area contributed by atoms with Gasteiger partial charge in [0.15, 0.2) is 0 Å². The van der Waals surface area contributed by atoms with Crippen LogP contribution in [-0.4, -0.2) is 20.1 Å². The highest BCUT2D eigenvalue weighted by molar-refractivity contribution is 6.06. The van der Waals surface area contributed by atoms with Crippen LogP contribution in [0.1, 0.15) is 22.0 Å². The molecule has 1 amide bonds. The Hall–Kier alpha value is -3.46. The van der Waals surface area contributed by atoms with Crippen molar-refractivity contribution in [2.24, 2.45) is 0 Å². The molecule has 6 nitrogen and oxygen atoms in total. The second-order valence-corrected chi connectivity index (χ2v) is 5.29. The minimum Gasteiger partial charge on any atom is -0.497 e. The Labute approximate surface area is 144 Å². The van der Waals surface area contributed by atoms with Gasteiger partial charge in [-0.1, -0.05) is 18.2 Å². The molecule has 1 atom stereocenters. The number of methoxy groups -OCH3 is 2. The van der Waals surface area contributed by atoms with Crippen molar-refractivity contribution in [2.75, 3.05) is 14.2 Å². The van der Waals surface area contributed by atoms with E-state index in [2.05, 4.69) is 11.4 Å². The molecule has 1 aromatic heterocycles. The van der Waals surface area contributed by atoms with Crippen molar-refractivity contribution in [2.45, 2.75) is 6.04 Å². The lowest BCUT2D eigenvalue weighted by Crippen LogP contribution is -2.27. The molecule has 1 N–H and O–H groups in total. The van der Waals surface area contributed by atoms with Crippen molar-refractivity contribution in [3.05, 3.63) is 59.9 Å². The monoisotopic (exact) mass is 336 g/mol. The van der Waals surface area contributed by atoms with Crippen molar-refractivity contribution < 1.29 is 18.7 Å². The molecular formula is C19H16N2O4. The van der Waals surface area contributed by atoms with E-state index in [4.69, 9.17) is 13.9 Å². The molecule has 0 aliphatic heterocycles. The van der Waals surface area contributed by atoms with Crippen LogP contribution in [0.2, 0.25) is 0 Å². The molecule has 0 bridgehead atoms. The first kappa shape index (κ1) is 16.4. The molecule has 3 aromatic rings. The molecule has 0 saturated heterocycles. The number of ether oxygens (including phenoxy) is 2. The molecule has 1 heterocycles. The third-order valence-electron chi connectivity index (χ3n) is 3.88. The number of carbonyl (C=O) groups is 1. The Morgan fingerprint density at radius 2 is 2.00 bits per heavy atom. The molecule has 0 saturated carbocycles. The molecule has 0 radical (unpaired) electrons. The van der Waals surface area contributed by atoms with Gasteiger partial charge in [0, 0.05) is 17.0 Å². The van der Waals surface area contributed by atoms with Gasteiger partial charge >= 0.3 is 0 Å². The molecule has 2 aromatic carbocycles. The van der Waals surface area contributed by atoms with Gasteiger partial charge in [-0.15, -0.1) is 0 Å². The first-order chi connectivity index (χ1) is 12.2. The molecule has 0 aliphatic rings. The number of benzene rings is 2. The second kappa shape index (κ2) is 6.97. The van der Waals surface area contributed by atoms with E-state index in [1.54, 1.807) is 37.4 Å². The SMILES string of the molecule is COc1ccc([C@@H](C#N)NC(=O)c2coc3ccccc23)c(OC)c1. The maximum absolute atomic E-state index is 12.6. The number of amides is 1. The van der Waals surface area contributed by atoms with E-state index in [-0.39, 0.29) is 0 Å². The van der Waals surface area contributed by atoms with Crippen molar-refractivity contribution in [1.82, 2.24) is 5.32 Å². The van der Waals surface area contributed by atoms with Crippen molar-refractivity contribution >= 4 is 16.9 Å². The van der Waals surface area contributed by atoms with Gasteiger partial charge in [0.05, 0.1) is 25.9 Å². The van der Waals surface area contributed by atoms with Crippen LogP contribution in [0.25, 0.3) is 11.0 Å². The van der Waals surface area contributed by atoms with Crippen molar-refractivity contribution in [3.63, 3.8) is 0 Å². The predicted octanol–water partition coefficient (Wildman–Crippen LogP) is 3.44. The molecule has 0 spiro atoms. The smallest absolute Gasteiger partial charge is 0.256 e. The summed E-state index contributed by atoms with van der Waals surface area (Å²) in [7, 11) is 3.04. The maximum Gasteiger partial charge on any atom is 0.256 e. The number of nitrogens with one attached hydrogen (secondary N) is 1. The van der Waals surface area contributed by atoms with E-state index in [0.29, 0.717) is 33.6 Å². The average Bonchev–Trinajstić information content (AvgIpc) is 3.09. The summed E-state index contributed by atoms with van der Waals surface area (Å²) < 4.78 is 15.8. The van der Waals surface area contributed by atoms with E-state index >= 15 is 0 Å². The van der Waals surface area contributed by atoms with Crippen molar-refractivity contribution in [1.29, 1.82) is 5.26 Å². The van der Waals surface area contributed by atoms with Gasteiger partial charge in [0.25, 0.3) is 5.91 Å². The summed E-state index contributed by atoms with van der Waals surface area (Å²) in [6, 6.07) is 13.5. The number of furan rings is 1. The van der Waals surface area contributed by atoms with E-state index in [9.17, 15) is 10.1 Å². The highest BCUT2D eigenvalue weighted by Gasteiger charge is 2.21. The average molecular weight is 336 g/mol. The van der Waals surface area contributed by atoms with Gasteiger partial charge in [-0.3, -0.25) is 4.79 Å². The summed E-state index contributed by atoms with van der Waals surface area (Å²) in [5, 5.41) is 12.9. The minimum atomic E-state index is -0.873. The third-order valence-corrected chi connectivity index (χ3v) is 3.88. The van der Waals surface area contributed by atoms with Gasteiger partial charge in [0.2, 0.25) is 0 Å². The fraction of sp³-hybridized carbons (Fsp3) is 0.158. The number of nitrogens with zero attached hydrogens (tertiary/aromatic N) is 1. The Morgan fingerprint density at radius 1 is 1.20 bits per heavy atom. The molecule has 3 rings (SSSR count). The largest absolute Gasteiger partial charge is 0.497 e. The molecule has 0 unspecified atom stereocenters. The maximum atomic E-state index is 12.6. The van der Waals surface area contributed by atoms with Gasteiger partial charge in [-0.05, 0) is 18.2 Å². The Bertz CT molecular complexity index is 955. The zero-order chi connectivity index (χ0) is 17.8. The lowest BCUT2D eigenvalue weighted by atomic mass is 10.1. The van der Waals surface area contributed by atoms with Crippen LogP contribution in [0.15, 0.2) is 53.1 Å². The standard InChI is InChI=1S/C19H16N2O4/c1-23-12-7-8-14(18(9-12)24-2)16(10-20)21-19(22)15-11-25-17-6-4-3-5-13(15)17/h3-9,11,16H,1-2H3,(H,21,22)/t16-/m1/s1. The van der Waals surface area contributed by atoms with Crippen LogP contribution >= 0.6 is 0 Å². The molecule has 6 heteroatoms. The third kappa shape index (κ3) is 3.12. The molecular weight excluding hydrogens is 320 g/mol. The van der Waals surface area contributed by atoms with Gasteiger partial charge in [-0.25, -0.2) is 0 Å². The first-order valence-corrected chi connectivity index (χ1v) is 7.56. The number of nitriles is 1. The zero-order valence-corrected chi connectivity index (χ0v) is 13.8. The summed E-state index contributed by atoms with van der Waals surface area (Å²) in [4.78, 5) is 12.6. The molecule has 126 valence electrons. The van der Waals surface area contributed by atoms with Gasteiger partial charge in [0.1, 0.15) is 29.4 Å². The lowest BCUT2D eigenvalue weighted by Gasteiger charge is -2.16. The topological polar surface area (TPSA) is 84.5 Å². The first-order valence-electron chi connectivity index (χ1n) is 7.56. The molecule has 0 aliphatic carbocycles. The number of fused-ring (bicyclic) bond motifs is 1. The number of hydrogen-bond donors (Lipinski definition) is 1. The number of para-hydroxylation sites is 1. The summed E-state index contributed by atoms with van der Waals surface area (Å²) in [6.45, 7) is 0. The van der Waals surface area contributed by atoms with E-state index in [0.717, 1.165) is 0 Å². The van der Waals surface area contributed by atoms with Crippen LogP contribution in [0.4, 0.5) is 0 Å². The number of hydrogen-bond acceptors (Lipinski definition) is 5. The fourth-order valence-electron chi connectivity index (χ4n) is 2.60. The Morgan fingerprint density at radius 3 is 2.72 bits per heavy atom. The van der Waals surface area contributed by atoms with Crippen LogP contribution in [0.5, 0.6) is 11.5 Å². The van der Waals surface area contributed by atoms with Gasteiger partial charge < -0.3 is 19.2 Å². The van der Waals surface area contributed by atoms with Crippen LogP contribution in [0.3, 0.4) is 0 Å². The summed E-state index contributed by atoms with van der Waals surface area (Å²) in [6.07, 6.45) is 1.39. The van der Waals surface area contributed by atoms with E-state index in [1.165, 1.54) is 13.4 Å². The van der Waals surface area contributed by atoms with Gasteiger partial charge in [-0.2, -0.15) is 5.26 Å². The van der Waals surface area contributed by atoms with E-state index in [1.807, 2.05) is 12.1 Å². The van der Waals surface area contributed by atoms with E-state index < -0.39 is 11.9 Å². The van der Waals surface area contributed by atoms with Crippen LogP contribution < -0.4 is 14.8 Å². The molecule has 0 fully saturated rings. The highest BCUT2D eigenvalue weighted by atomic mass is 16.5. The fourth-order valence-corrected chi connectivity index (χ4v) is 2.60. The summed E-state index contributed by atoms with van der Waals surface area (Å²) in [5.74, 6) is 0.669. The molecule has 25 heavy (non-hydrogen) atoms. The Balaban J connectivity index is 1.90. The summed E-state index contributed by atoms with van der Waals surface area (Å²) in [5.41, 5.74) is 1.54. The van der Waals surface area contributed by atoms with Crippen LogP contribution in [0, 0.1) is 11.3 Å². The lowest BCUT2D eigenvalue weighted by molar-refractivity contribution is 0.0945. The Kier molecular flexibility index (Phi) is 4.57. The quantitative estimate of drug-likeness (QED) is 0.771. The van der Waals surface area contributed by atoms with Crippen molar-refractivity contribution in [3.8, 4) is 17.6 Å². The number of carbonyl (C=O) groups excluding carboxylic acids is 1. The minimum absolute atomic E-state index is 0.378. The van der Waals surface area contributed by atoms with Crippen LogP contribution in [-0.2, 0) is 0 Å². The highest BCUT2D eigenvalue weighted by Crippen LogP contribution is 2.30. The second-order valence-electron chi connectivity index (χ2n) is 5.29. The normalized spacial score (nSPS) is 11.6. The predicted molar refractivity (Wildman–Crippen MR) is 91.6 cm³/mol.